The average Bonchev–Trinajstić information content (AvgIpc) is 2.37. The lowest BCUT2D eigenvalue weighted by Gasteiger charge is -2.13. The molecule has 0 bridgehead atoms. The third-order valence-corrected chi connectivity index (χ3v) is 3.42. The number of benzene rings is 2. The summed E-state index contributed by atoms with van der Waals surface area (Å²) in [6.07, 6.45) is -5.08. The quantitative estimate of drug-likeness (QED) is 0.808. The standard InChI is InChI=1S/C15H11Cl2F3O/c16-12-6-10(7-13(17)8-12)14(21)5-9-1-3-11(4-2-9)15(18,19)20/h1-4,6-8,14,21H,5H2. The van der Waals surface area contributed by atoms with Crippen molar-refractivity contribution in [1.29, 1.82) is 0 Å². The molecule has 1 nitrogen and oxygen atoms in total. The Morgan fingerprint density at radius 1 is 0.952 bits per heavy atom. The second kappa shape index (κ2) is 6.26. The molecular weight excluding hydrogens is 324 g/mol. The first-order chi connectivity index (χ1) is 9.75. The molecule has 0 saturated carbocycles. The number of rotatable bonds is 3. The molecule has 0 radical (unpaired) electrons. The van der Waals surface area contributed by atoms with Crippen molar-refractivity contribution in [1.82, 2.24) is 0 Å². The zero-order chi connectivity index (χ0) is 15.6. The summed E-state index contributed by atoms with van der Waals surface area (Å²) in [6.45, 7) is 0. The molecule has 1 N–H and O–H groups in total. The highest BCUT2D eigenvalue weighted by atomic mass is 35.5. The molecule has 0 heterocycles. The minimum atomic E-state index is -4.36. The van der Waals surface area contributed by atoms with Gasteiger partial charge in [0.05, 0.1) is 11.7 Å². The van der Waals surface area contributed by atoms with E-state index in [1.54, 1.807) is 12.1 Å². The lowest BCUT2D eigenvalue weighted by Crippen LogP contribution is -2.06. The maximum atomic E-state index is 12.5. The first kappa shape index (κ1) is 16.1. The summed E-state index contributed by atoms with van der Waals surface area (Å²) in [5, 5.41) is 10.9. The van der Waals surface area contributed by atoms with Gasteiger partial charge in [0.2, 0.25) is 0 Å². The molecule has 1 unspecified atom stereocenters. The number of hydrogen-bond acceptors (Lipinski definition) is 1. The van der Waals surface area contributed by atoms with Crippen LogP contribution in [0.5, 0.6) is 0 Å². The number of hydrogen-bond donors (Lipinski definition) is 1. The number of aliphatic hydroxyl groups is 1. The molecule has 21 heavy (non-hydrogen) atoms. The van der Waals surface area contributed by atoms with Crippen molar-refractivity contribution < 1.29 is 18.3 Å². The van der Waals surface area contributed by atoms with Crippen molar-refractivity contribution in [3.63, 3.8) is 0 Å². The van der Waals surface area contributed by atoms with Crippen molar-refractivity contribution in [2.24, 2.45) is 0 Å². The van der Waals surface area contributed by atoms with Gasteiger partial charge in [-0.15, -0.1) is 0 Å². The van der Waals surface area contributed by atoms with Gasteiger partial charge in [0.25, 0.3) is 0 Å². The third-order valence-electron chi connectivity index (χ3n) is 2.98. The molecule has 112 valence electrons. The van der Waals surface area contributed by atoms with Gasteiger partial charge < -0.3 is 5.11 Å². The largest absolute Gasteiger partial charge is 0.416 e. The molecule has 2 rings (SSSR count). The zero-order valence-corrected chi connectivity index (χ0v) is 12.2. The minimum absolute atomic E-state index is 0.175. The normalized spacial score (nSPS) is 13.2. The summed E-state index contributed by atoms with van der Waals surface area (Å²) in [5.74, 6) is 0. The Balaban J connectivity index is 2.14. The Morgan fingerprint density at radius 2 is 1.48 bits per heavy atom. The fourth-order valence-electron chi connectivity index (χ4n) is 1.94. The van der Waals surface area contributed by atoms with Gasteiger partial charge in [0.15, 0.2) is 0 Å². The average molecular weight is 335 g/mol. The van der Waals surface area contributed by atoms with Gasteiger partial charge in [-0.05, 0) is 41.5 Å². The lowest BCUT2D eigenvalue weighted by molar-refractivity contribution is -0.137. The van der Waals surface area contributed by atoms with E-state index in [-0.39, 0.29) is 6.42 Å². The Morgan fingerprint density at radius 3 is 1.95 bits per heavy atom. The first-order valence-electron chi connectivity index (χ1n) is 6.06. The molecular formula is C15H11Cl2F3O. The Kier molecular flexibility index (Phi) is 4.81. The molecule has 0 aromatic heterocycles. The van der Waals surface area contributed by atoms with E-state index < -0.39 is 17.8 Å². The molecule has 0 aliphatic carbocycles. The first-order valence-corrected chi connectivity index (χ1v) is 6.81. The van der Waals surface area contributed by atoms with Crippen LogP contribution in [0.3, 0.4) is 0 Å². The van der Waals surface area contributed by atoms with E-state index in [0.29, 0.717) is 21.2 Å². The highest BCUT2D eigenvalue weighted by Crippen LogP contribution is 2.30. The van der Waals surface area contributed by atoms with Gasteiger partial charge >= 0.3 is 6.18 Å². The van der Waals surface area contributed by atoms with Crippen LogP contribution in [0.4, 0.5) is 13.2 Å². The molecule has 2 aromatic rings. The monoisotopic (exact) mass is 334 g/mol. The molecule has 2 aromatic carbocycles. The Labute approximate surface area is 129 Å². The van der Waals surface area contributed by atoms with Crippen molar-refractivity contribution in [2.45, 2.75) is 18.7 Å². The highest BCUT2D eigenvalue weighted by molar-refractivity contribution is 6.34. The molecule has 0 fully saturated rings. The van der Waals surface area contributed by atoms with Crippen LogP contribution in [0.1, 0.15) is 22.8 Å². The Bertz CT molecular complexity index is 604. The molecule has 0 aliphatic heterocycles. The topological polar surface area (TPSA) is 20.2 Å². The zero-order valence-electron chi connectivity index (χ0n) is 10.7. The van der Waals surface area contributed by atoms with Crippen LogP contribution in [0, 0.1) is 0 Å². The van der Waals surface area contributed by atoms with Crippen LogP contribution in [-0.4, -0.2) is 5.11 Å². The van der Waals surface area contributed by atoms with E-state index in [9.17, 15) is 18.3 Å². The molecule has 6 heteroatoms. The van der Waals surface area contributed by atoms with Crippen molar-refractivity contribution >= 4 is 23.2 Å². The van der Waals surface area contributed by atoms with E-state index in [1.807, 2.05) is 0 Å². The number of halogens is 5. The molecule has 0 aliphatic rings. The fourth-order valence-corrected chi connectivity index (χ4v) is 2.48. The van der Waals surface area contributed by atoms with Gasteiger partial charge in [-0.3, -0.25) is 0 Å². The fraction of sp³-hybridized carbons (Fsp3) is 0.200. The highest BCUT2D eigenvalue weighted by Gasteiger charge is 2.29. The molecule has 0 saturated heterocycles. The van der Waals surface area contributed by atoms with Crippen LogP contribution in [0.15, 0.2) is 42.5 Å². The van der Waals surface area contributed by atoms with Crippen molar-refractivity contribution in [3.05, 3.63) is 69.2 Å². The van der Waals surface area contributed by atoms with E-state index in [4.69, 9.17) is 23.2 Å². The summed E-state index contributed by atoms with van der Waals surface area (Å²) in [4.78, 5) is 0. The van der Waals surface area contributed by atoms with Crippen molar-refractivity contribution in [2.75, 3.05) is 0 Å². The van der Waals surface area contributed by atoms with E-state index >= 15 is 0 Å². The second-order valence-corrected chi connectivity index (χ2v) is 5.49. The third kappa shape index (κ3) is 4.37. The number of alkyl halides is 3. The van der Waals surface area contributed by atoms with Gasteiger partial charge in [0, 0.05) is 16.5 Å². The van der Waals surface area contributed by atoms with Crippen LogP contribution < -0.4 is 0 Å². The SMILES string of the molecule is OC(Cc1ccc(C(F)(F)F)cc1)c1cc(Cl)cc(Cl)c1. The minimum Gasteiger partial charge on any atom is -0.388 e. The van der Waals surface area contributed by atoms with Crippen molar-refractivity contribution in [3.8, 4) is 0 Å². The van der Waals surface area contributed by atoms with Crippen LogP contribution >= 0.6 is 23.2 Å². The summed E-state index contributed by atoms with van der Waals surface area (Å²) >= 11 is 11.7. The Hall–Kier alpha value is -1.23. The summed E-state index contributed by atoms with van der Waals surface area (Å²) in [6, 6.07) is 9.36. The molecule has 0 amide bonds. The van der Waals surface area contributed by atoms with E-state index in [0.717, 1.165) is 12.1 Å². The van der Waals surface area contributed by atoms with E-state index in [2.05, 4.69) is 0 Å². The summed E-state index contributed by atoms with van der Waals surface area (Å²) in [7, 11) is 0. The van der Waals surface area contributed by atoms with Gasteiger partial charge in [-0.1, -0.05) is 35.3 Å². The van der Waals surface area contributed by atoms with Crippen LogP contribution in [0.2, 0.25) is 10.0 Å². The van der Waals surface area contributed by atoms with Crippen LogP contribution in [0.25, 0.3) is 0 Å². The van der Waals surface area contributed by atoms with Gasteiger partial charge in [0.1, 0.15) is 0 Å². The smallest absolute Gasteiger partial charge is 0.388 e. The van der Waals surface area contributed by atoms with E-state index in [1.165, 1.54) is 18.2 Å². The maximum Gasteiger partial charge on any atom is 0.416 e. The summed E-state index contributed by atoms with van der Waals surface area (Å²) < 4.78 is 37.4. The van der Waals surface area contributed by atoms with Gasteiger partial charge in [-0.2, -0.15) is 13.2 Å². The predicted octanol–water partition coefficient (Wildman–Crippen LogP) is 5.29. The number of aliphatic hydroxyl groups excluding tert-OH is 1. The predicted molar refractivity (Wildman–Crippen MR) is 76.6 cm³/mol. The lowest BCUT2D eigenvalue weighted by atomic mass is 10.0. The maximum absolute atomic E-state index is 12.5. The van der Waals surface area contributed by atoms with Gasteiger partial charge in [-0.25, -0.2) is 0 Å². The molecule has 1 atom stereocenters. The summed E-state index contributed by atoms with van der Waals surface area (Å²) in [5.41, 5.74) is 0.394. The molecule has 0 spiro atoms. The second-order valence-electron chi connectivity index (χ2n) is 4.62. The van der Waals surface area contributed by atoms with Crippen LogP contribution in [-0.2, 0) is 12.6 Å².